The highest BCUT2D eigenvalue weighted by atomic mass is 19.1. The first kappa shape index (κ1) is 18.4. The van der Waals surface area contributed by atoms with Crippen molar-refractivity contribution >= 4 is 17.3 Å². The van der Waals surface area contributed by atoms with Crippen LogP contribution in [0.25, 0.3) is 0 Å². The van der Waals surface area contributed by atoms with Gasteiger partial charge in [0.15, 0.2) is 6.61 Å². The molecule has 0 bridgehead atoms. The van der Waals surface area contributed by atoms with Crippen molar-refractivity contribution in [2.75, 3.05) is 11.9 Å². The fourth-order valence-corrected chi connectivity index (χ4v) is 2.31. The van der Waals surface area contributed by atoms with E-state index in [-0.39, 0.29) is 18.2 Å². The number of nitro benzene ring substituents is 1. The fraction of sp³-hybridized carbons (Fsp3) is 0.278. The lowest BCUT2D eigenvalue weighted by Crippen LogP contribution is -2.20. The third kappa shape index (κ3) is 4.76. The van der Waals surface area contributed by atoms with Gasteiger partial charge in [0.2, 0.25) is 5.82 Å². The number of rotatable bonds is 6. The summed E-state index contributed by atoms with van der Waals surface area (Å²) in [5.41, 5.74) is 1.43. The number of hydrogen-bond acceptors (Lipinski definition) is 4. The molecule has 1 amide bonds. The van der Waals surface area contributed by atoms with Gasteiger partial charge >= 0.3 is 5.69 Å². The Morgan fingerprint density at radius 3 is 2.64 bits per heavy atom. The van der Waals surface area contributed by atoms with E-state index in [0.717, 1.165) is 23.3 Å². The summed E-state index contributed by atoms with van der Waals surface area (Å²) in [6.45, 7) is 5.72. The molecule has 0 fully saturated rings. The van der Waals surface area contributed by atoms with Crippen LogP contribution in [0.5, 0.6) is 5.75 Å². The van der Waals surface area contributed by atoms with Crippen molar-refractivity contribution in [2.45, 2.75) is 26.7 Å². The predicted octanol–water partition coefficient (Wildman–Crippen LogP) is 4.18. The number of halogens is 1. The number of aryl methyl sites for hydroxylation is 1. The number of nitro groups is 1. The van der Waals surface area contributed by atoms with Gasteiger partial charge in [0.1, 0.15) is 5.75 Å². The molecule has 2 aromatic rings. The highest BCUT2D eigenvalue weighted by Crippen LogP contribution is 2.27. The van der Waals surface area contributed by atoms with E-state index in [1.54, 1.807) is 0 Å². The molecule has 0 heterocycles. The van der Waals surface area contributed by atoms with Crippen molar-refractivity contribution in [1.29, 1.82) is 0 Å². The fourth-order valence-electron chi connectivity index (χ4n) is 2.31. The quantitative estimate of drug-likeness (QED) is 0.628. The Kier molecular flexibility index (Phi) is 5.69. The SMILES string of the molecule is Cc1ccc(C(C)C)c(OCC(=O)Nc2ccc(F)c([N+](=O)[O-])c2)c1. The number of hydrogen-bond donors (Lipinski definition) is 1. The molecule has 132 valence electrons. The van der Waals surface area contributed by atoms with Gasteiger partial charge < -0.3 is 10.1 Å². The van der Waals surface area contributed by atoms with Gasteiger partial charge in [-0.3, -0.25) is 14.9 Å². The van der Waals surface area contributed by atoms with Crippen LogP contribution in [-0.2, 0) is 4.79 Å². The summed E-state index contributed by atoms with van der Waals surface area (Å²) in [4.78, 5) is 21.9. The van der Waals surface area contributed by atoms with E-state index in [1.807, 2.05) is 39.0 Å². The van der Waals surface area contributed by atoms with E-state index in [4.69, 9.17) is 4.74 Å². The molecular weight excluding hydrogens is 327 g/mol. The Bertz CT molecular complexity index is 806. The molecule has 0 spiro atoms. The first-order chi connectivity index (χ1) is 11.8. The van der Waals surface area contributed by atoms with E-state index in [1.165, 1.54) is 6.07 Å². The van der Waals surface area contributed by atoms with Crippen LogP contribution in [0, 0.1) is 22.9 Å². The molecule has 0 aliphatic carbocycles. The summed E-state index contributed by atoms with van der Waals surface area (Å²) in [5.74, 6) is -0.591. The lowest BCUT2D eigenvalue weighted by molar-refractivity contribution is -0.387. The van der Waals surface area contributed by atoms with Gasteiger partial charge in [0, 0.05) is 11.8 Å². The maximum atomic E-state index is 13.3. The molecule has 1 N–H and O–H groups in total. The zero-order chi connectivity index (χ0) is 18.6. The van der Waals surface area contributed by atoms with Gasteiger partial charge in [-0.2, -0.15) is 4.39 Å². The van der Waals surface area contributed by atoms with Gasteiger partial charge in [-0.25, -0.2) is 0 Å². The molecule has 0 saturated carbocycles. The van der Waals surface area contributed by atoms with Crippen LogP contribution in [-0.4, -0.2) is 17.4 Å². The second-order valence-corrected chi connectivity index (χ2v) is 5.96. The largest absolute Gasteiger partial charge is 0.483 e. The van der Waals surface area contributed by atoms with Gasteiger partial charge in [-0.15, -0.1) is 0 Å². The van der Waals surface area contributed by atoms with Crippen molar-refractivity contribution in [3.63, 3.8) is 0 Å². The van der Waals surface area contributed by atoms with Gasteiger partial charge in [-0.05, 0) is 42.2 Å². The summed E-state index contributed by atoms with van der Waals surface area (Å²) < 4.78 is 18.9. The van der Waals surface area contributed by atoms with Crippen molar-refractivity contribution in [3.05, 3.63) is 63.5 Å². The Labute approximate surface area is 144 Å². The van der Waals surface area contributed by atoms with Crippen LogP contribution >= 0.6 is 0 Å². The summed E-state index contributed by atoms with van der Waals surface area (Å²) in [7, 11) is 0. The molecule has 7 heteroatoms. The summed E-state index contributed by atoms with van der Waals surface area (Å²) >= 11 is 0. The summed E-state index contributed by atoms with van der Waals surface area (Å²) in [6.07, 6.45) is 0. The second kappa shape index (κ2) is 7.74. The van der Waals surface area contributed by atoms with Crippen LogP contribution in [0.1, 0.15) is 30.9 Å². The van der Waals surface area contributed by atoms with Crippen molar-refractivity contribution in [3.8, 4) is 5.75 Å². The van der Waals surface area contributed by atoms with Crippen LogP contribution in [0.4, 0.5) is 15.8 Å². The Morgan fingerprint density at radius 1 is 1.28 bits per heavy atom. The minimum absolute atomic E-state index is 0.134. The van der Waals surface area contributed by atoms with E-state index in [9.17, 15) is 19.3 Å². The van der Waals surface area contributed by atoms with E-state index in [2.05, 4.69) is 5.32 Å². The molecule has 0 aliphatic rings. The van der Waals surface area contributed by atoms with Crippen LogP contribution < -0.4 is 10.1 Å². The third-order valence-electron chi connectivity index (χ3n) is 3.58. The van der Waals surface area contributed by atoms with Crippen LogP contribution in [0.3, 0.4) is 0 Å². The second-order valence-electron chi connectivity index (χ2n) is 5.96. The monoisotopic (exact) mass is 346 g/mol. The molecule has 6 nitrogen and oxygen atoms in total. The van der Waals surface area contributed by atoms with Crippen molar-refractivity contribution in [1.82, 2.24) is 0 Å². The van der Waals surface area contributed by atoms with E-state index < -0.39 is 22.3 Å². The number of carbonyl (C=O) groups is 1. The molecular formula is C18H19FN2O4. The first-order valence-corrected chi connectivity index (χ1v) is 7.75. The topological polar surface area (TPSA) is 81.5 Å². The molecule has 0 aromatic heterocycles. The zero-order valence-corrected chi connectivity index (χ0v) is 14.2. The van der Waals surface area contributed by atoms with Crippen LogP contribution in [0.15, 0.2) is 36.4 Å². The molecule has 0 unspecified atom stereocenters. The Balaban J connectivity index is 2.06. The van der Waals surface area contributed by atoms with E-state index in [0.29, 0.717) is 5.75 Å². The highest BCUT2D eigenvalue weighted by molar-refractivity contribution is 5.92. The smallest absolute Gasteiger partial charge is 0.306 e. The standard InChI is InChI=1S/C18H19FN2O4/c1-11(2)14-6-4-12(3)8-17(14)25-10-18(22)20-13-5-7-15(19)16(9-13)21(23)24/h4-9,11H,10H2,1-3H3,(H,20,22). The van der Waals surface area contributed by atoms with Crippen molar-refractivity contribution < 1.29 is 18.8 Å². The van der Waals surface area contributed by atoms with Gasteiger partial charge in [0.25, 0.3) is 5.91 Å². The number of anilines is 1. The maximum Gasteiger partial charge on any atom is 0.306 e. The molecule has 0 aliphatic heterocycles. The average Bonchev–Trinajstić information content (AvgIpc) is 2.54. The first-order valence-electron chi connectivity index (χ1n) is 7.75. The lowest BCUT2D eigenvalue weighted by atomic mass is 10.0. The molecule has 2 rings (SSSR count). The van der Waals surface area contributed by atoms with Gasteiger partial charge in [-0.1, -0.05) is 26.0 Å². The molecule has 0 radical (unpaired) electrons. The number of nitrogens with one attached hydrogen (secondary N) is 1. The Hall–Kier alpha value is -2.96. The summed E-state index contributed by atoms with van der Waals surface area (Å²) in [5, 5.41) is 13.2. The minimum Gasteiger partial charge on any atom is -0.483 e. The number of carbonyl (C=O) groups excluding carboxylic acids is 1. The molecule has 25 heavy (non-hydrogen) atoms. The highest BCUT2D eigenvalue weighted by Gasteiger charge is 2.16. The lowest BCUT2D eigenvalue weighted by Gasteiger charge is -2.14. The molecule has 0 atom stereocenters. The minimum atomic E-state index is -0.958. The van der Waals surface area contributed by atoms with Crippen molar-refractivity contribution in [2.24, 2.45) is 0 Å². The number of nitrogens with zero attached hydrogens (tertiary/aromatic N) is 1. The normalized spacial score (nSPS) is 10.6. The van der Waals surface area contributed by atoms with E-state index >= 15 is 0 Å². The maximum absolute atomic E-state index is 13.3. The zero-order valence-electron chi connectivity index (χ0n) is 14.2. The van der Waals surface area contributed by atoms with Gasteiger partial charge in [0.05, 0.1) is 4.92 Å². The van der Waals surface area contributed by atoms with Crippen LogP contribution in [0.2, 0.25) is 0 Å². The number of ether oxygens (including phenoxy) is 1. The number of benzene rings is 2. The number of amides is 1. The predicted molar refractivity (Wildman–Crippen MR) is 92.4 cm³/mol. The average molecular weight is 346 g/mol. The molecule has 0 saturated heterocycles. The molecule has 2 aromatic carbocycles. The third-order valence-corrected chi connectivity index (χ3v) is 3.58. The Morgan fingerprint density at radius 2 is 2.00 bits per heavy atom. The summed E-state index contributed by atoms with van der Waals surface area (Å²) in [6, 6.07) is 8.94.